The Labute approximate surface area is 243 Å². The van der Waals surface area contributed by atoms with Crippen LogP contribution in [0.2, 0.25) is 25.0 Å². The number of hydrogen-bond acceptors (Lipinski definition) is 7. The molecule has 1 fully saturated rings. The molecule has 40 heavy (non-hydrogen) atoms. The molecule has 4 rings (SSSR count). The van der Waals surface area contributed by atoms with Gasteiger partial charge in [0.2, 0.25) is 0 Å². The van der Waals surface area contributed by atoms with Gasteiger partial charge < -0.3 is 28.3 Å². The van der Waals surface area contributed by atoms with Crippen LogP contribution in [-0.4, -0.2) is 67.7 Å². The molecule has 1 aromatic carbocycles. The molecule has 2 aliphatic rings. The van der Waals surface area contributed by atoms with Crippen LogP contribution in [0.5, 0.6) is 5.75 Å². The second-order valence-corrected chi connectivity index (χ2v) is 18.7. The molecule has 2 aliphatic heterocycles. The van der Waals surface area contributed by atoms with Gasteiger partial charge in [-0.3, -0.25) is 4.98 Å². The Kier molecular flexibility index (Phi) is 9.01. The lowest BCUT2D eigenvalue weighted by atomic mass is 9.77. The van der Waals surface area contributed by atoms with Crippen molar-refractivity contribution in [3.63, 3.8) is 0 Å². The van der Waals surface area contributed by atoms with Crippen LogP contribution < -0.4 is 10.2 Å². The number of hydrogen-bond donors (Lipinski definition) is 1. The molecular formula is C30H48B2N2O5Si. The van der Waals surface area contributed by atoms with Crippen LogP contribution >= 0.6 is 0 Å². The van der Waals surface area contributed by atoms with E-state index >= 15 is 0 Å². The highest BCUT2D eigenvalue weighted by Gasteiger charge is 2.52. The molecule has 1 saturated heterocycles. The maximum Gasteiger partial charge on any atom is 0.494 e. The third kappa shape index (κ3) is 6.85. The Balaban J connectivity index is 1.46. The Morgan fingerprint density at radius 1 is 1.18 bits per heavy atom. The van der Waals surface area contributed by atoms with E-state index in [-0.39, 0.29) is 35.6 Å². The molecule has 2 aromatic rings. The van der Waals surface area contributed by atoms with E-state index < -0.39 is 15.4 Å². The number of aromatic nitrogens is 1. The van der Waals surface area contributed by atoms with Gasteiger partial charge in [0.15, 0.2) is 8.32 Å². The van der Waals surface area contributed by atoms with E-state index in [1.165, 1.54) is 5.56 Å². The molecule has 0 radical (unpaired) electrons. The molecule has 3 heterocycles. The molecular weight excluding hydrogens is 518 g/mol. The molecule has 0 spiro atoms. The van der Waals surface area contributed by atoms with Gasteiger partial charge >= 0.3 is 14.2 Å². The normalized spacial score (nSPS) is 21.2. The van der Waals surface area contributed by atoms with Crippen LogP contribution in [0.1, 0.15) is 72.1 Å². The third-order valence-corrected chi connectivity index (χ3v) is 13.8. The van der Waals surface area contributed by atoms with Gasteiger partial charge in [0.1, 0.15) is 11.9 Å². The summed E-state index contributed by atoms with van der Waals surface area (Å²) in [6, 6.07) is 10.2. The SMILES string of the molecule is CB(O)N(C[C@H]1CCc2cc(B3OC(C)(C)C(C)(C)O3)ccc2O1)C[C@H](O[Si](C)(C)C(C)(C)C)c1cccnc1. The van der Waals surface area contributed by atoms with Crippen LogP contribution in [-0.2, 0) is 20.2 Å². The van der Waals surface area contributed by atoms with Crippen LogP contribution in [0.15, 0.2) is 42.7 Å². The number of benzene rings is 1. The van der Waals surface area contributed by atoms with Gasteiger partial charge in [-0.1, -0.05) is 39.0 Å². The summed E-state index contributed by atoms with van der Waals surface area (Å²) in [6.07, 6.45) is 5.19. The van der Waals surface area contributed by atoms with Crippen LogP contribution in [0.4, 0.5) is 0 Å². The molecule has 0 aliphatic carbocycles. The zero-order valence-electron chi connectivity index (χ0n) is 26.2. The van der Waals surface area contributed by atoms with Gasteiger partial charge in [-0.25, -0.2) is 0 Å². The molecule has 7 nitrogen and oxygen atoms in total. The Bertz CT molecular complexity index is 1140. The number of ether oxygens (including phenoxy) is 1. The fraction of sp³-hybridized carbons (Fsp3) is 0.633. The predicted molar refractivity (Wildman–Crippen MR) is 166 cm³/mol. The molecule has 0 saturated carbocycles. The molecule has 0 unspecified atom stereocenters. The first kappa shape index (κ1) is 31.3. The Morgan fingerprint density at radius 3 is 2.42 bits per heavy atom. The van der Waals surface area contributed by atoms with Gasteiger partial charge in [-0.05, 0) is 94.2 Å². The van der Waals surface area contributed by atoms with E-state index in [4.69, 9.17) is 18.5 Å². The zero-order chi connectivity index (χ0) is 29.5. The topological polar surface area (TPSA) is 73.3 Å². The lowest BCUT2D eigenvalue weighted by Gasteiger charge is -2.41. The fourth-order valence-electron chi connectivity index (χ4n) is 4.88. The van der Waals surface area contributed by atoms with E-state index in [2.05, 4.69) is 83.5 Å². The van der Waals surface area contributed by atoms with E-state index in [0.29, 0.717) is 13.1 Å². The molecule has 2 atom stereocenters. The molecule has 1 N–H and O–H groups in total. The van der Waals surface area contributed by atoms with Crippen molar-refractivity contribution < 1.29 is 23.5 Å². The number of pyridine rings is 1. The summed E-state index contributed by atoms with van der Waals surface area (Å²) in [5.74, 6) is 0.892. The second kappa shape index (κ2) is 11.5. The van der Waals surface area contributed by atoms with Crippen molar-refractivity contribution >= 4 is 27.9 Å². The Morgan fingerprint density at radius 2 is 1.85 bits per heavy atom. The van der Waals surface area contributed by atoms with Gasteiger partial charge in [0.05, 0.1) is 17.3 Å². The predicted octanol–water partition coefficient (Wildman–Crippen LogP) is 5.25. The van der Waals surface area contributed by atoms with E-state index in [1.807, 2.05) is 31.2 Å². The summed E-state index contributed by atoms with van der Waals surface area (Å²) in [7, 11) is -3.10. The van der Waals surface area contributed by atoms with Gasteiger partial charge in [0.25, 0.3) is 0 Å². The molecule has 0 bridgehead atoms. The third-order valence-electron chi connectivity index (χ3n) is 9.31. The Hall–Kier alpha value is -1.68. The van der Waals surface area contributed by atoms with Crippen molar-refractivity contribution in [2.24, 2.45) is 0 Å². The first-order valence-corrected chi connectivity index (χ1v) is 17.5. The van der Waals surface area contributed by atoms with Crippen molar-refractivity contribution in [1.82, 2.24) is 9.79 Å². The highest BCUT2D eigenvalue weighted by Crippen LogP contribution is 2.40. The lowest BCUT2D eigenvalue weighted by Crippen LogP contribution is -2.49. The minimum Gasteiger partial charge on any atom is -0.489 e. The summed E-state index contributed by atoms with van der Waals surface area (Å²) >= 11 is 0. The maximum absolute atomic E-state index is 10.8. The number of aryl methyl sites for hydroxylation is 1. The number of nitrogens with zero attached hydrogens (tertiary/aromatic N) is 2. The first-order chi connectivity index (χ1) is 18.5. The lowest BCUT2D eigenvalue weighted by molar-refractivity contribution is 0.00578. The van der Waals surface area contributed by atoms with E-state index in [9.17, 15) is 5.02 Å². The maximum atomic E-state index is 10.8. The second-order valence-electron chi connectivity index (χ2n) is 14.0. The number of fused-ring (bicyclic) bond motifs is 1. The first-order valence-electron chi connectivity index (χ1n) is 14.6. The molecule has 10 heteroatoms. The number of rotatable bonds is 9. The fourth-order valence-corrected chi connectivity index (χ4v) is 6.16. The van der Waals surface area contributed by atoms with Crippen molar-refractivity contribution in [1.29, 1.82) is 0 Å². The van der Waals surface area contributed by atoms with Crippen molar-refractivity contribution in [3.8, 4) is 5.75 Å². The highest BCUT2D eigenvalue weighted by molar-refractivity contribution is 6.74. The summed E-state index contributed by atoms with van der Waals surface area (Å²) in [6.45, 7) is 22.5. The minimum atomic E-state index is -2.07. The summed E-state index contributed by atoms with van der Waals surface area (Å²) in [5.41, 5.74) is 2.47. The smallest absolute Gasteiger partial charge is 0.489 e. The van der Waals surface area contributed by atoms with Crippen molar-refractivity contribution in [3.05, 3.63) is 53.9 Å². The van der Waals surface area contributed by atoms with Gasteiger partial charge in [-0.2, -0.15) is 0 Å². The van der Waals surface area contributed by atoms with E-state index in [0.717, 1.165) is 29.6 Å². The zero-order valence-corrected chi connectivity index (χ0v) is 27.2. The van der Waals surface area contributed by atoms with Gasteiger partial charge in [0, 0.05) is 25.5 Å². The quantitative estimate of drug-likeness (QED) is 0.416. The standard InChI is InChI=1S/C30H48B2N2O5Si/c1-28(2,3)40(9,10)37-27(23-12-11-17-33-19-23)21-34(31(8)35)20-25-15-13-22-18-24(14-16-26(22)36-25)32-38-29(4,5)30(6,7)39-32/h11-12,14,16-19,25,27,35H,13,15,20-21H2,1-10H3/t25-,27+/m1/s1. The van der Waals surface area contributed by atoms with Crippen LogP contribution in [0.3, 0.4) is 0 Å². The van der Waals surface area contributed by atoms with E-state index in [1.54, 1.807) is 6.20 Å². The summed E-state index contributed by atoms with van der Waals surface area (Å²) in [5, 5.41) is 10.9. The monoisotopic (exact) mass is 566 g/mol. The summed E-state index contributed by atoms with van der Waals surface area (Å²) < 4.78 is 25.9. The van der Waals surface area contributed by atoms with Crippen molar-refractivity contribution in [2.75, 3.05) is 13.1 Å². The largest absolute Gasteiger partial charge is 0.494 e. The van der Waals surface area contributed by atoms with Crippen LogP contribution in [0.25, 0.3) is 0 Å². The average Bonchev–Trinajstić information content (AvgIpc) is 3.09. The van der Waals surface area contributed by atoms with Crippen molar-refractivity contribution in [2.45, 2.75) is 110 Å². The highest BCUT2D eigenvalue weighted by atomic mass is 28.4. The average molecular weight is 566 g/mol. The molecule has 1 aromatic heterocycles. The molecule has 0 amide bonds. The summed E-state index contributed by atoms with van der Waals surface area (Å²) in [4.78, 5) is 6.42. The van der Waals surface area contributed by atoms with Gasteiger partial charge in [-0.15, -0.1) is 0 Å². The minimum absolute atomic E-state index is 0.0350. The molecule has 218 valence electrons. The van der Waals surface area contributed by atoms with Crippen LogP contribution in [0, 0.1) is 0 Å².